The fraction of sp³-hybridized carbons (Fsp3) is 0.467. The van der Waals surface area contributed by atoms with Crippen LogP contribution in [0, 0.1) is 11.8 Å². The molecule has 1 aromatic carbocycles. The maximum atomic E-state index is 12.1. The van der Waals surface area contributed by atoms with Crippen molar-refractivity contribution >= 4 is 29.0 Å². The van der Waals surface area contributed by atoms with E-state index in [1.807, 2.05) is 0 Å². The first kappa shape index (κ1) is 14.1. The average molecular weight is 280 g/mol. The Labute approximate surface area is 118 Å². The van der Waals surface area contributed by atoms with Crippen molar-refractivity contribution in [3.05, 3.63) is 28.8 Å². The Morgan fingerprint density at radius 3 is 2.53 bits per heavy atom. The minimum atomic E-state index is -0.489. The monoisotopic (exact) mass is 279 g/mol. The number of nitrogens with zero attached hydrogens (tertiary/aromatic N) is 1. The molecule has 1 heterocycles. The third-order valence-corrected chi connectivity index (χ3v) is 3.63. The number of rotatable bonds is 4. The molecule has 4 heteroatoms. The maximum absolute atomic E-state index is 12.1. The van der Waals surface area contributed by atoms with Gasteiger partial charge in [0.1, 0.15) is 0 Å². The summed E-state index contributed by atoms with van der Waals surface area (Å²) in [6.45, 7) is 6.97. The largest absolute Gasteiger partial charge is 0.304 e. The maximum Gasteiger partial charge on any atom is 0.299 e. The minimum Gasteiger partial charge on any atom is -0.304 e. The molecule has 0 N–H and O–H groups in total. The van der Waals surface area contributed by atoms with Crippen molar-refractivity contribution in [3.8, 4) is 0 Å². The number of carbonyl (C=O) groups is 2. The minimum absolute atomic E-state index is 0.349. The van der Waals surface area contributed by atoms with Crippen LogP contribution in [0.1, 0.15) is 37.6 Å². The Hall–Kier alpha value is -1.35. The van der Waals surface area contributed by atoms with Crippen LogP contribution in [0.3, 0.4) is 0 Å². The van der Waals surface area contributed by atoms with Gasteiger partial charge in [-0.2, -0.15) is 0 Å². The van der Waals surface area contributed by atoms with Gasteiger partial charge in [0.25, 0.3) is 11.7 Å². The highest BCUT2D eigenvalue weighted by molar-refractivity contribution is 6.55. The molecule has 3 nitrogen and oxygen atoms in total. The van der Waals surface area contributed by atoms with E-state index in [4.69, 9.17) is 11.6 Å². The van der Waals surface area contributed by atoms with Crippen LogP contribution in [0.25, 0.3) is 0 Å². The molecule has 0 spiro atoms. The fourth-order valence-electron chi connectivity index (χ4n) is 2.67. The van der Waals surface area contributed by atoms with Gasteiger partial charge in [-0.3, -0.25) is 9.59 Å². The van der Waals surface area contributed by atoms with Gasteiger partial charge < -0.3 is 4.90 Å². The molecule has 0 aromatic heterocycles. The number of amides is 1. The zero-order valence-corrected chi connectivity index (χ0v) is 12.2. The van der Waals surface area contributed by atoms with Crippen molar-refractivity contribution in [2.75, 3.05) is 11.4 Å². The number of anilines is 1. The van der Waals surface area contributed by atoms with Crippen molar-refractivity contribution in [3.63, 3.8) is 0 Å². The first-order valence-corrected chi connectivity index (χ1v) is 6.94. The van der Waals surface area contributed by atoms with Crippen molar-refractivity contribution in [2.45, 2.75) is 27.2 Å². The van der Waals surface area contributed by atoms with E-state index in [9.17, 15) is 9.59 Å². The lowest BCUT2D eigenvalue weighted by Crippen LogP contribution is -2.34. The second kappa shape index (κ2) is 5.33. The lowest BCUT2D eigenvalue weighted by atomic mass is 9.98. The number of carbonyl (C=O) groups excluding carboxylic acids is 2. The van der Waals surface area contributed by atoms with Gasteiger partial charge in [0.05, 0.1) is 16.3 Å². The molecule has 1 amide bonds. The van der Waals surface area contributed by atoms with Gasteiger partial charge in [0.2, 0.25) is 0 Å². The average Bonchev–Trinajstić information content (AvgIpc) is 2.55. The van der Waals surface area contributed by atoms with Crippen molar-refractivity contribution < 1.29 is 9.59 Å². The number of Topliss-reactive ketones (excluding diaryl/α,β-unsaturated/α-hetero) is 1. The molecule has 102 valence electrons. The summed E-state index contributed by atoms with van der Waals surface area (Å²) in [6.07, 6.45) is 1.02. The van der Waals surface area contributed by atoms with E-state index in [2.05, 4.69) is 20.8 Å². The number of fused-ring (bicyclic) bond motifs is 1. The Bertz CT molecular complexity index is 525. The third-order valence-electron chi connectivity index (χ3n) is 3.32. The zero-order valence-electron chi connectivity index (χ0n) is 11.4. The predicted molar refractivity (Wildman–Crippen MR) is 76.8 cm³/mol. The summed E-state index contributed by atoms with van der Waals surface area (Å²) in [5.74, 6) is -0.0278. The van der Waals surface area contributed by atoms with Crippen LogP contribution < -0.4 is 4.90 Å². The molecule has 2 rings (SSSR count). The Balaban J connectivity index is 2.27. The molecule has 0 bridgehead atoms. The number of ketones is 1. The molecule has 0 saturated carbocycles. The summed E-state index contributed by atoms with van der Waals surface area (Å²) >= 11 is 6.02. The van der Waals surface area contributed by atoms with E-state index in [1.54, 1.807) is 23.1 Å². The Morgan fingerprint density at radius 2 is 1.89 bits per heavy atom. The number of hydrogen-bond acceptors (Lipinski definition) is 2. The fourth-order valence-corrected chi connectivity index (χ4v) is 2.93. The molecule has 1 aliphatic rings. The van der Waals surface area contributed by atoms with Crippen LogP contribution in [0.2, 0.25) is 5.02 Å². The van der Waals surface area contributed by atoms with Crippen LogP contribution in [-0.4, -0.2) is 18.2 Å². The summed E-state index contributed by atoms with van der Waals surface area (Å²) in [7, 11) is 0. The highest BCUT2D eigenvalue weighted by Gasteiger charge is 2.37. The van der Waals surface area contributed by atoms with Gasteiger partial charge in [-0.25, -0.2) is 0 Å². The second-order valence-electron chi connectivity index (χ2n) is 5.61. The van der Waals surface area contributed by atoms with Crippen LogP contribution >= 0.6 is 11.6 Å². The number of halogens is 1. The molecule has 0 radical (unpaired) electrons. The lowest BCUT2D eigenvalue weighted by molar-refractivity contribution is -0.114. The van der Waals surface area contributed by atoms with Crippen molar-refractivity contribution in [2.24, 2.45) is 11.8 Å². The molecule has 0 fully saturated rings. The smallest absolute Gasteiger partial charge is 0.299 e. The predicted octanol–water partition coefficient (Wildman–Crippen LogP) is 3.55. The van der Waals surface area contributed by atoms with Gasteiger partial charge >= 0.3 is 0 Å². The van der Waals surface area contributed by atoms with E-state index in [-0.39, 0.29) is 0 Å². The normalized spacial score (nSPS) is 16.2. The van der Waals surface area contributed by atoms with Crippen LogP contribution in [0.5, 0.6) is 0 Å². The summed E-state index contributed by atoms with van der Waals surface area (Å²) in [5, 5.41) is 0.356. The van der Waals surface area contributed by atoms with Gasteiger partial charge in [-0.15, -0.1) is 0 Å². The Kier molecular flexibility index (Phi) is 3.95. The molecular weight excluding hydrogens is 262 g/mol. The van der Waals surface area contributed by atoms with Crippen LogP contribution in [0.4, 0.5) is 5.69 Å². The van der Waals surface area contributed by atoms with E-state index in [1.165, 1.54) is 0 Å². The first-order valence-electron chi connectivity index (χ1n) is 6.56. The quantitative estimate of drug-likeness (QED) is 0.791. The van der Waals surface area contributed by atoms with Gasteiger partial charge in [-0.1, -0.05) is 38.4 Å². The van der Waals surface area contributed by atoms with Crippen molar-refractivity contribution in [1.29, 1.82) is 0 Å². The van der Waals surface area contributed by atoms with E-state index in [0.29, 0.717) is 34.7 Å². The first-order chi connectivity index (χ1) is 8.91. The van der Waals surface area contributed by atoms with E-state index < -0.39 is 11.7 Å². The summed E-state index contributed by atoms with van der Waals surface area (Å²) in [6, 6.07) is 5.20. The molecule has 1 unspecified atom stereocenters. The summed E-state index contributed by atoms with van der Waals surface area (Å²) in [5.41, 5.74) is 1.00. The summed E-state index contributed by atoms with van der Waals surface area (Å²) in [4.78, 5) is 25.6. The topological polar surface area (TPSA) is 37.4 Å². The van der Waals surface area contributed by atoms with Crippen LogP contribution in [-0.2, 0) is 4.79 Å². The van der Waals surface area contributed by atoms with Crippen molar-refractivity contribution in [1.82, 2.24) is 0 Å². The molecule has 0 aliphatic carbocycles. The Morgan fingerprint density at radius 1 is 1.21 bits per heavy atom. The number of benzene rings is 1. The molecular formula is C15H18ClNO2. The van der Waals surface area contributed by atoms with Gasteiger partial charge in [0.15, 0.2) is 0 Å². The van der Waals surface area contributed by atoms with E-state index >= 15 is 0 Å². The second-order valence-corrected chi connectivity index (χ2v) is 6.02. The lowest BCUT2D eigenvalue weighted by Gasteiger charge is -2.22. The van der Waals surface area contributed by atoms with Gasteiger partial charge in [0, 0.05) is 6.54 Å². The third kappa shape index (κ3) is 2.66. The zero-order chi connectivity index (χ0) is 14.2. The highest BCUT2D eigenvalue weighted by Crippen LogP contribution is 2.34. The van der Waals surface area contributed by atoms with Crippen LogP contribution in [0.15, 0.2) is 18.2 Å². The van der Waals surface area contributed by atoms with Gasteiger partial charge in [-0.05, 0) is 30.4 Å². The number of hydrogen-bond donors (Lipinski definition) is 0. The molecule has 1 atom stereocenters. The molecule has 1 aromatic rings. The highest BCUT2D eigenvalue weighted by atomic mass is 35.5. The standard InChI is InChI=1S/C15H18ClNO2/c1-9(2)7-10(3)8-17-12-6-4-5-11(16)13(12)14(18)15(17)19/h4-6,9-10H,7-8H2,1-3H3. The summed E-state index contributed by atoms with van der Waals surface area (Å²) < 4.78 is 0. The molecule has 1 aliphatic heterocycles. The van der Waals surface area contributed by atoms with E-state index in [0.717, 1.165) is 6.42 Å². The SMILES string of the molecule is CC(C)CC(C)CN1C(=O)C(=O)c2c(Cl)cccc21. The molecule has 0 saturated heterocycles. The molecule has 19 heavy (non-hydrogen) atoms.